The largest absolute Gasteiger partial charge is 0.369 e. The van der Waals surface area contributed by atoms with Gasteiger partial charge in [0.2, 0.25) is 5.96 Å². The van der Waals surface area contributed by atoms with Crippen LogP contribution in [-0.4, -0.2) is 45.5 Å². The molecule has 1 amide bonds. The number of hydrogen-bond acceptors (Lipinski definition) is 5. The standard InChI is InChI=1S/C20H24F2N6O2S/c1-13-9-15(21)11-25-18(13)19(29)27-16-5-6-17(22)14(10-16)12-31(30)26-7-3-4-8-28(31)20(23)24-2/h5-6,9-11H,3-4,7-8,12H2,1-2H3,(H2,23,24)(H,27,29). The molecule has 1 aliphatic heterocycles. The van der Waals surface area contributed by atoms with Crippen LogP contribution in [-0.2, 0) is 15.7 Å². The maximum absolute atomic E-state index is 14.6. The molecule has 1 aromatic carbocycles. The second kappa shape index (κ2) is 9.38. The van der Waals surface area contributed by atoms with Gasteiger partial charge in [-0.2, -0.15) is 0 Å². The number of carbonyl (C=O) groups excluding carboxylic acids is 1. The highest BCUT2D eigenvalue weighted by Gasteiger charge is 2.26. The Balaban J connectivity index is 1.89. The highest BCUT2D eigenvalue weighted by Crippen LogP contribution is 2.23. The smallest absolute Gasteiger partial charge is 0.274 e. The molecule has 0 radical (unpaired) electrons. The molecule has 8 nitrogen and oxygen atoms in total. The van der Waals surface area contributed by atoms with E-state index in [0.29, 0.717) is 18.7 Å². The Morgan fingerprint density at radius 3 is 2.81 bits per heavy atom. The number of anilines is 1. The molecule has 0 fully saturated rings. The number of amides is 1. The van der Waals surface area contributed by atoms with E-state index in [4.69, 9.17) is 5.73 Å². The number of nitrogens with one attached hydrogen (secondary N) is 1. The van der Waals surface area contributed by atoms with Crippen LogP contribution in [0.4, 0.5) is 14.5 Å². The summed E-state index contributed by atoms with van der Waals surface area (Å²) in [5.41, 5.74) is 6.74. The molecule has 0 saturated carbocycles. The number of halogens is 2. The van der Waals surface area contributed by atoms with Gasteiger partial charge in [0.1, 0.15) is 27.2 Å². The van der Waals surface area contributed by atoms with Crippen LogP contribution >= 0.6 is 0 Å². The lowest BCUT2D eigenvalue weighted by Gasteiger charge is -2.25. The summed E-state index contributed by atoms with van der Waals surface area (Å²) in [6.45, 7) is 2.34. The molecule has 2 aromatic rings. The third kappa shape index (κ3) is 5.16. The number of rotatable bonds is 4. The summed E-state index contributed by atoms with van der Waals surface area (Å²) in [7, 11) is -1.58. The van der Waals surface area contributed by atoms with E-state index >= 15 is 0 Å². The van der Waals surface area contributed by atoms with E-state index in [-0.39, 0.29) is 28.7 Å². The normalized spacial score (nSPS) is 19.5. The fourth-order valence-corrected chi connectivity index (χ4v) is 5.43. The number of pyridine rings is 1. The van der Waals surface area contributed by atoms with Gasteiger partial charge in [0.15, 0.2) is 0 Å². The lowest BCUT2D eigenvalue weighted by atomic mass is 10.2. The zero-order valence-electron chi connectivity index (χ0n) is 17.3. The zero-order valence-corrected chi connectivity index (χ0v) is 18.1. The van der Waals surface area contributed by atoms with Crippen molar-refractivity contribution in [1.82, 2.24) is 9.29 Å². The van der Waals surface area contributed by atoms with Crippen molar-refractivity contribution in [3.63, 3.8) is 0 Å². The van der Waals surface area contributed by atoms with Gasteiger partial charge in [-0.3, -0.25) is 14.1 Å². The van der Waals surface area contributed by atoms with Crippen LogP contribution in [0.1, 0.15) is 34.5 Å². The van der Waals surface area contributed by atoms with Crippen molar-refractivity contribution in [2.45, 2.75) is 25.5 Å². The molecule has 1 aromatic heterocycles. The summed E-state index contributed by atoms with van der Waals surface area (Å²) in [5, 5.41) is 2.62. The van der Waals surface area contributed by atoms with Gasteiger partial charge >= 0.3 is 0 Å². The molecule has 0 spiro atoms. The number of aromatic nitrogens is 1. The van der Waals surface area contributed by atoms with E-state index < -0.39 is 27.5 Å². The van der Waals surface area contributed by atoms with E-state index in [9.17, 15) is 17.8 Å². The number of guanidine groups is 1. The Kier molecular flexibility index (Phi) is 6.84. The number of aliphatic imine (C=N–C) groups is 1. The molecule has 0 bridgehead atoms. The van der Waals surface area contributed by atoms with Crippen LogP contribution in [0.2, 0.25) is 0 Å². The van der Waals surface area contributed by atoms with Crippen LogP contribution in [0.5, 0.6) is 0 Å². The predicted octanol–water partition coefficient (Wildman–Crippen LogP) is 2.84. The number of nitrogens with two attached hydrogens (primary N) is 1. The summed E-state index contributed by atoms with van der Waals surface area (Å²) < 4.78 is 47.1. The van der Waals surface area contributed by atoms with Crippen molar-refractivity contribution in [2.24, 2.45) is 15.1 Å². The first-order valence-corrected chi connectivity index (χ1v) is 11.3. The molecule has 1 aliphatic rings. The molecule has 166 valence electrons. The molecule has 2 heterocycles. The van der Waals surface area contributed by atoms with E-state index in [0.717, 1.165) is 19.0 Å². The number of nitrogens with zero attached hydrogens (tertiary/aromatic N) is 4. The molecule has 0 aliphatic carbocycles. The van der Waals surface area contributed by atoms with Crippen LogP contribution in [0.25, 0.3) is 0 Å². The highest BCUT2D eigenvalue weighted by atomic mass is 32.2. The summed E-state index contributed by atoms with van der Waals surface area (Å²) in [5.74, 6) is -1.83. The maximum atomic E-state index is 14.6. The Morgan fingerprint density at radius 1 is 1.32 bits per heavy atom. The lowest BCUT2D eigenvalue weighted by Crippen LogP contribution is -2.42. The van der Waals surface area contributed by atoms with Crippen molar-refractivity contribution in [3.05, 3.63) is 58.9 Å². The van der Waals surface area contributed by atoms with Crippen molar-refractivity contribution < 1.29 is 17.8 Å². The Labute approximate surface area is 179 Å². The molecular weight excluding hydrogens is 426 g/mol. The topological polar surface area (TPSA) is 113 Å². The van der Waals surface area contributed by atoms with Gasteiger partial charge in [0, 0.05) is 24.8 Å². The second-order valence-corrected chi connectivity index (χ2v) is 9.28. The first-order chi connectivity index (χ1) is 14.7. The minimum absolute atomic E-state index is 0.0510. The van der Waals surface area contributed by atoms with E-state index in [1.54, 1.807) is 6.92 Å². The van der Waals surface area contributed by atoms with Gasteiger partial charge < -0.3 is 11.1 Å². The molecule has 3 rings (SSSR count). The number of hydrogen-bond donors (Lipinski definition) is 2. The highest BCUT2D eigenvalue weighted by molar-refractivity contribution is 7.91. The summed E-state index contributed by atoms with van der Waals surface area (Å²) in [6.07, 6.45) is 2.43. The van der Waals surface area contributed by atoms with Crippen LogP contribution in [0, 0.1) is 18.6 Å². The molecule has 3 N–H and O–H groups in total. The minimum Gasteiger partial charge on any atom is -0.369 e. The van der Waals surface area contributed by atoms with Gasteiger partial charge in [-0.15, -0.1) is 0 Å². The number of carbonyl (C=O) groups is 1. The van der Waals surface area contributed by atoms with Crippen LogP contribution < -0.4 is 11.1 Å². The van der Waals surface area contributed by atoms with Gasteiger partial charge in [-0.1, -0.05) is 0 Å². The fourth-order valence-electron chi connectivity index (χ4n) is 3.22. The molecule has 11 heteroatoms. The summed E-state index contributed by atoms with van der Waals surface area (Å²) in [4.78, 5) is 20.2. The van der Waals surface area contributed by atoms with Gasteiger partial charge in [0.05, 0.1) is 18.5 Å². The third-order valence-electron chi connectivity index (χ3n) is 4.80. The average molecular weight is 451 g/mol. The maximum Gasteiger partial charge on any atom is 0.274 e. The SMILES string of the molecule is C/N=C(/N)N1CCCCN=S1(=O)Cc1cc(NC(=O)c2ncc(F)cc2C)ccc1F. The molecule has 0 saturated heterocycles. The van der Waals surface area contributed by atoms with E-state index in [1.807, 2.05) is 0 Å². The van der Waals surface area contributed by atoms with Crippen molar-refractivity contribution in [2.75, 3.05) is 25.5 Å². The first kappa shape index (κ1) is 22.6. The summed E-state index contributed by atoms with van der Waals surface area (Å²) in [6, 6.07) is 5.16. The second-order valence-electron chi connectivity index (χ2n) is 7.07. The van der Waals surface area contributed by atoms with Gasteiger partial charge in [-0.05, 0) is 49.6 Å². The van der Waals surface area contributed by atoms with Gasteiger partial charge in [-0.25, -0.2) is 22.3 Å². The first-order valence-electron chi connectivity index (χ1n) is 9.66. The van der Waals surface area contributed by atoms with E-state index in [2.05, 4.69) is 19.7 Å². The van der Waals surface area contributed by atoms with Crippen molar-refractivity contribution in [3.8, 4) is 0 Å². The predicted molar refractivity (Wildman–Crippen MR) is 116 cm³/mol. The minimum atomic E-state index is -3.07. The summed E-state index contributed by atoms with van der Waals surface area (Å²) >= 11 is 0. The Hall–Kier alpha value is -3.08. The number of benzene rings is 1. The fraction of sp³-hybridized carbons (Fsp3) is 0.350. The molecule has 1 atom stereocenters. The zero-order chi connectivity index (χ0) is 22.6. The van der Waals surface area contributed by atoms with E-state index in [1.165, 1.54) is 35.6 Å². The average Bonchev–Trinajstić information content (AvgIpc) is 2.91. The lowest BCUT2D eigenvalue weighted by molar-refractivity contribution is 0.102. The monoisotopic (exact) mass is 450 g/mol. The number of aryl methyl sites for hydroxylation is 1. The van der Waals surface area contributed by atoms with Gasteiger partial charge in [0.25, 0.3) is 5.91 Å². The molecule has 31 heavy (non-hydrogen) atoms. The van der Waals surface area contributed by atoms with Crippen LogP contribution in [0.15, 0.2) is 39.8 Å². The Bertz CT molecular complexity index is 1140. The Morgan fingerprint density at radius 2 is 2.10 bits per heavy atom. The molecule has 1 unspecified atom stereocenters. The van der Waals surface area contributed by atoms with Crippen LogP contribution in [0.3, 0.4) is 0 Å². The van der Waals surface area contributed by atoms with Crippen molar-refractivity contribution in [1.29, 1.82) is 0 Å². The van der Waals surface area contributed by atoms with Crippen molar-refractivity contribution >= 4 is 27.5 Å². The molecular formula is C20H24F2N6O2S. The quantitative estimate of drug-likeness (QED) is 0.551. The third-order valence-corrected chi connectivity index (χ3v) is 7.13.